The summed E-state index contributed by atoms with van der Waals surface area (Å²) in [7, 11) is 1.38. The van der Waals surface area contributed by atoms with E-state index in [0.717, 1.165) is 10.0 Å². The first kappa shape index (κ1) is 12.9. The maximum atomic E-state index is 11.6. The number of halogens is 1. The largest absolute Gasteiger partial charge is 0.468 e. The molecule has 4 heteroatoms. The number of ether oxygens (including phenoxy) is 1. The van der Waals surface area contributed by atoms with Gasteiger partial charge in [0.25, 0.3) is 0 Å². The second-order valence-corrected chi connectivity index (χ2v) is 4.55. The van der Waals surface area contributed by atoms with Crippen LogP contribution in [-0.4, -0.2) is 18.1 Å². The van der Waals surface area contributed by atoms with E-state index in [1.54, 1.807) is 6.20 Å². The van der Waals surface area contributed by atoms with Crippen LogP contribution in [0.25, 0.3) is 0 Å². The second-order valence-electron chi connectivity index (χ2n) is 3.64. The van der Waals surface area contributed by atoms with Gasteiger partial charge in [-0.25, -0.2) is 0 Å². The van der Waals surface area contributed by atoms with Crippen LogP contribution in [0, 0.1) is 0 Å². The number of hydrogen-bond donors (Lipinski definition) is 0. The number of rotatable bonds is 4. The predicted octanol–water partition coefficient (Wildman–Crippen LogP) is 3.07. The SMILES string of the molecule is C=C(C)CC(C(=O)OC)c1ccc(Br)cn1. The Labute approximate surface area is 104 Å². The van der Waals surface area contributed by atoms with Crippen molar-refractivity contribution >= 4 is 21.9 Å². The van der Waals surface area contributed by atoms with Gasteiger partial charge in [-0.15, -0.1) is 6.58 Å². The minimum Gasteiger partial charge on any atom is -0.468 e. The van der Waals surface area contributed by atoms with Gasteiger partial charge < -0.3 is 4.74 Å². The standard InChI is InChI=1S/C12H14BrNO2/c1-8(2)6-10(12(15)16-3)11-5-4-9(13)7-14-11/h4-5,7,10H,1,6H2,2-3H3. The Kier molecular flexibility index (Phi) is 4.68. The van der Waals surface area contributed by atoms with E-state index >= 15 is 0 Å². The third-order valence-electron chi connectivity index (χ3n) is 2.15. The molecule has 0 aliphatic carbocycles. The first-order valence-corrected chi connectivity index (χ1v) is 5.67. The van der Waals surface area contributed by atoms with Crippen LogP contribution >= 0.6 is 15.9 Å². The summed E-state index contributed by atoms with van der Waals surface area (Å²) in [6.07, 6.45) is 2.23. The van der Waals surface area contributed by atoms with Crippen LogP contribution < -0.4 is 0 Å². The number of pyridine rings is 1. The fourth-order valence-corrected chi connectivity index (χ4v) is 1.63. The lowest BCUT2D eigenvalue weighted by molar-refractivity contribution is -0.142. The van der Waals surface area contributed by atoms with E-state index < -0.39 is 0 Å². The smallest absolute Gasteiger partial charge is 0.315 e. The van der Waals surface area contributed by atoms with Crippen molar-refractivity contribution in [3.05, 3.63) is 40.6 Å². The Morgan fingerprint density at radius 2 is 2.31 bits per heavy atom. The molecule has 1 aromatic rings. The second kappa shape index (κ2) is 5.80. The van der Waals surface area contributed by atoms with Gasteiger partial charge in [0.05, 0.1) is 12.8 Å². The number of aromatic nitrogens is 1. The fourth-order valence-electron chi connectivity index (χ4n) is 1.39. The third kappa shape index (κ3) is 3.45. The van der Waals surface area contributed by atoms with Crippen molar-refractivity contribution in [2.45, 2.75) is 19.3 Å². The van der Waals surface area contributed by atoms with Gasteiger partial charge >= 0.3 is 5.97 Å². The maximum Gasteiger partial charge on any atom is 0.315 e. The minimum atomic E-state index is -0.365. The number of allylic oxidation sites excluding steroid dienone is 1. The lowest BCUT2D eigenvalue weighted by atomic mass is 9.97. The zero-order valence-corrected chi connectivity index (χ0v) is 11.0. The zero-order chi connectivity index (χ0) is 12.1. The summed E-state index contributed by atoms with van der Waals surface area (Å²) in [6.45, 7) is 5.69. The van der Waals surface area contributed by atoms with Crippen molar-refractivity contribution in [3.8, 4) is 0 Å². The summed E-state index contributed by atoms with van der Waals surface area (Å²) >= 11 is 3.30. The zero-order valence-electron chi connectivity index (χ0n) is 9.37. The highest BCUT2D eigenvalue weighted by molar-refractivity contribution is 9.10. The van der Waals surface area contributed by atoms with E-state index in [4.69, 9.17) is 4.74 Å². The van der Waals surface area contributed by atoms with E-state index in [1.165, 1.54) is 7.11 Å². The molecular formula is C12H14BrNO2. The minimum absolute atomic E-state index is 0.280. The summed E-state index contributed by atoms with van der Waals surface area (Å²) < 4.78 is 5.65. The lowest BCUT2D eigenvalue weighted by Gasteiger charge is -2.13. The van der Waals surface area contributed by atoms with E-state index in [-0.39, 0.29) is 11.9 Å². The number of hydrogen-bond acceptors (Lipinski definition) is 3. The summed E-state index contributed by atoms with van der Waals surface area (Å²) in [5.74, 6) is -0.645. The average Bonchev–Trinajstić information content (AvgIpc) is 2.26. The highest BCUT2D eigenvalue weighted by Gasteiger charge is 2.22. The van der Waals surface area contributed by atoms with Crippen LogP contribution in [0.15, 0.2) is 35.0 Å². The lowest BCUT2D eigenvalue weighted by Crippen LogP contribution is -2.15. The van der Waals surface area contributed by atoms with Crippen LogP contribution in [0.5, 0.6) is 0 Å². The summed E-state index contributed by atoms with van der Waals surface area (Å²) in [4.78, 5) is 15.8. The van der Waals surface area contributed by atoms with Crippen LogP contribution in [0.2, 0.25) is 0 Å². The summed E-state index contributed by atoms with van der Waals surface area (Å²) in [5, 5.41) is 0. The van der Waals surface area contributed by atoms with Crippen molar-refractivity contribution in [2.24, 2.45) is 0 Å². The van der Waals surface area contributed by atoms with Gasteiger partial charge in [0, 0.05) is 10.7 Å². The molecule has 1 rings (SSSR count). The molecule has 86 valence electrons. The van der Waals surface area contributed by atoms with Crippen molar-refractivity contribution in [1.82, 2.24) is 4.98 Å². The number of nitrogens with zero attached hydrogens (tertiary/aromatic N) is 1. The highest BCUT2D eigenvalue weighted by atomic mass is 79.9. The Bertz CT molecular complexity index is 387. The van der Waals surface area contributed by atoms with Gasteiger partial charge in [-0.3, -0.25) is 9.78 Å². The summed E-state index contributed by atoms with van der Waals surface area (Å²) in [6, 6.07) is 3.67. The molecule has 3 nitrogen and oxygen atoms in total. The first-order valence-electron chi connectivity index (χ1n) is 4.88. The van der Waals surface area contributed by atoms with Gasteiger partial charge in [0.2, 0.25) is 0 Å². The van der Waals surface area contributed by atoms with Gasteiger partial charge in [-0.1, -0.05) is 5.57 Å². The Morgan fingerprint density at radius 1 is 1.62 bits per heavy atom. The van der Waals surface area contributed by atoms with Crippen LogP contribution in [0.4, 0.5) is 0 Å². The van der Waals surface area contributed by atoms with Crippen LogP contribution in [0.3, 0.4) is 0 Å². The molecule has 0 saturated carbocycles. The van der Waals surface area contributed by atoms with Crippen molar-refractivity contribution < 1.29 is 9.53 Å². The first-order chi connectivity index (χ1) is 7.54. The number of carbonyl (C=O) groups is 1. The molecule has 0 spiro atoms. The normalized spacial score (nSPS) is 11.9. The van der Waals surface area contributed by atoms with Crippen LogP contribution in [-0.2, 0) is 9.53 Å². The van der Waals surface area contributed by atoms with Crippen molar-refractivity contribution in [1.29, 1.82) is 0 Å². The Morgan fingerprint density at radius 3 is 2.75 bits per heavy atom. The molecule has 0 aliphatic heterocycles. The van der Waals surface area contributed by atoms with Gasteiger partial charge in [0.15, 0.2) is 0 Å². The number of esters is 1. The number of carbonyl (C=O) groups excluding carboxylic acids is 1. The molecule has 1 atom stereocenters. The number of methoxy groups -OCH3 is 1. The van der Waals surface area contributed by atoms with Crippen molar-refractivity contribution in [3.63, 3.8) is 0 Å². The van der Waals surface area contributed by atoms with E-state index in [2.05, 4.69) is 27.5 Å². The molecule has 1 heterocycles. The van der Waals surface area contributed by atoms with E-state index in [9.17, 15) is 4.79 Å². The van der Waals surface area contributed by atoms with Gasteiger partial charge in [-0.05, 0) is 41.4 Å². The predicted molar refractivity (Wildman–Crippen MR) is 66.1 cm³/mol. The molecule has 0 aliphatic rings. The molecule has 0 fully saturated rings. The molecule has 1 aromatic heterocycles. The molecule has 1 unspecified atom stereocenters. The third-order valence-corrected chi connectivity index (χ3v) is 2.61. The van der Waals surface area contributed by atoms with Gasteiger partial charge in [-0.2, -0.15) is 0 Å². The Balaban J connectivity index is 2.96. The fraction of sp³-hybridized carbons (Fsp3) is 0.333. The van der Waals surface area contributed by atoms with E-state index in [0.29, 0.717) is 12.1 Å². The monoisotopic (exact) mass is 283 g/mol. The van der Waals surface area contributed by atoms with Crippen molar-refractivity contribution in [2.75, 3.05) is 7.11 Å². The molecule has 0 saturated heterocycles. The quantitative estimate of drug-likeness (QED) is 0.630. The Hall–Kier alpha value is -1.16. The molecule has 16 heavy (non-hydrogen) atoms. The average molecular weight is 284 g/mol. The topological polar surface area (TPSA) is 39.2 Å². The van der Waals surface area contributed by atoms with E-state index in [1.807, 2.05) is 19.1 Å². The van der Waals surface area contributed by atoms with Gasteiger partial charge in [0.1, 0.15) is 5.92 Å². The molecule has 0 aromatic carbocycles. The highest BCUT2D eigenvalue weighted by Crippen LogP contribution is 2.23. The van der Waals surface area contributed by atoms with Crippen LogP contribution in [0.1, 0.15) is 25.0 Å². The summed E-state index contributed by atoms with van der Waals surface area (Å²) in [5.41, 5.74) is 1.64. The molecule has 0 amide bonds. The molecule has 0 N–H and O–H groups in total. The maximum absolute atomic E-state index is 11.6. The molecule has 0 radical (unpaired) electrons. The molecular weight excluding hydrogens is 270 g/mol. The molecule has 0 bridgehead atoms.